The van der Waals surface area contributed by atoms with Crippen LogP contribution in [0.3, 0.4) is 0 Å². The van der Waals surface area contributed by atoms with Crippen LogP contribution in [0.1, 0.15) is 46.9 Å². The molecule has 0 bridgehead atoms. The van der Waals surface area contributed by atoms with Crippen LogP contribution in [0.5, 0.6) is 0 Å². The molecule has 1 amide bonds. The number of benzene rings is 2. The standard InChI is InChI=1S/C20H24N2O2/c21-14-15-8-10-17(11-9-15)20(24)22-12-4-7-18(22)13-19(23)16-5-2-1-3-6-16/h1-3,5-6,8-11,18-19,23H,4,7,12-14,21H2/t18-,19-/m0/s1. The Morgan fingerprint density at radius 3 is 2.54 bits per heavy atom. The Morgan fingerprint density at radius 1 is 1.17 bits per heavy atom. The van der Waals surface area contributed by atoms with Crippen LogP contribution in [0.4, 0.5) is 0 Å². The molecule has 1 aliphatic heterocycles. The molecular weight excluding hydrogens is 300 g/mol. The van der Waals surface area contributed by atoms with Crippen molar-refractivity contribution in [2.45, 2.75) is 38.0 Å². The largest absolute Gasteiger partial charge is 0.388 e. The Kier molecular flexibility index (Phi) is 5.28. The molecule has 1 saturated heterocycles. The Morgan fingerprint density at radius 2 is 1.88 bits per heavy atom. The van der Waals surface area contributed by atoms with Gasteiger partial charge >= 0.3 is 0 Å². The maximum atomic E-state index is 12.8. The molecule has 24 heavy (non-hydrogen) atoms. The van der Waals surface area contributed by atoms with E-state index in [-0.39, 0.29) is 11.9 Å². The summed E-state index contributed by atoms with van der Waals surface area (Å²) in [5, 5.41) is 10.5. The van der Waals surface area contributed by atoms with Crippen LogP contribution in [0.25, 0.3) is 0 Å². The summed E-state index contributed by atoms with van der Waals surface area (Å²) >= 11 is 0. The molecular formula is C20H24N2O2. The average molecular weight is 324 g/mol. The summed E-state index contributed by atoms with van der Waals surface area (Å²) in [6.07, 6.45) is 1.97. The summed E-state index contributed by atoms with van der Waals surface area (Å²) < 4.78 is 0. The first-order valence-corrected chi connectivity index (χ1v) is 8.52. The molecule has 0 radical (unpaired) electrons. The molecule has 3 N–H and O–H groups in total. The van der Waals surface area contributed by atoms with Crippen LogP contribution in [0.15, 0.2) is 54.6 Å². The van der Waals surface area contributed by atoms with Crippen molar-refractivity contribution < 1.29 is 9.90 Å². The van der Waals surface area contributed by atoms with E-state index in [1.807, 2.05) is 59.5 Å². The first-order chi connectivity index (χ1) is 11.7. The van der Waals surface area contributed by atoms with Gasteiger partial charge in [0.05, 0.1) is 6.10 Å². The number of likely N-dealkylation sites (tertiary alicyclic amines) is 1. The molecule has 126 valence electrons. The van der Waals surface area contributed by atoms with E-state index in [4.69, 9.17) is 5.73 Å². The number of hydrogen-bond donors (Lipinski definition) is 2. The normalized spacial score (nSPS) is 18.6. The number of carbonyl (C=O) groups excluding carboxylic acids is 1. The smallest absolute Gasteiger partial charge is 0.254 e. The Hall–Kier alpha value is -2.17. The van der Waals surface area contributed by atoms with E-state index in [2.05, 4.69) is 0 Å². The van der Waals surface area contributed by atoms with Crippen molar-refractivity contribution in [3.05, 3.63) is 71.3 Å². The molecule has 0 aromatic heterocycles. The number of nitrogens with two attached hydrogens (primary N) is 1. The lowest BCUT2D eigenvalue weighted by atomic mass is 10.00. The SMILES string of the molecule is NCc1ccc(C(=O)N2CCC[C@H]2C[C@H](O)c2ccccc2)cc1. The van der Waals surface area contributed by atoms with Gasteiger partial charge in [-0.05, 0) is 42.5 Å². The minimum absolute atomic E-state index is 0.0429. The van der Waals surface area contributed by atoms with E-state index in [0.29, 0.717) is 18.5 Å². The van der Waals surface area contributed by atoms with Gasteiger partial charge in [-0.2, -0.15) is 0 Å². The van der Waals surface area contributed by atoms with E-state index >= 15 is 0 Å². The van der Waals surface area contributed by atoms with Crippen molar-refractivity contribution in [3.63, 3.8) is 0 Å². The quantitative estimate of drug-likeness (QED) is 0.889. The Bertz CT molecular complexity index is 670. The molecule has 2 aromatic rings. The van der Waals surface area contributed by atoms with Crippen molar-refractivity contribution >= 4 is 5.91 Å². The van der Waals surface area contributed by atoms with Crippen molar-refractivity contribution in [2.75, 3.05) is 6.54 Å². The van der Waals surface area contributed by atoms with Crippen molar-refractivity contribution in [1.29, 1.82) is 0 Å². The van der Waals surface area contributed by atoms with Crippen molar-refractivity contribution in [1.82, 2.24) is 4.90 Å². The van der Waals surface area contributed by atoms with Crippen molar-refractivity contribution in [3.8, 4) is 0 Å². The molecule has 4 heteroatoms. The van der Waals surface area contributed by atoms with Crippen LogP contribution in [-0.4, -0.2) is 28.5 Å². The van der Waals surface area contributed by atoms with Gasteiger partial charge in [0.1, 0.15) is 0 Å². The highest BCUT2D eigenvalue weighted by Crippen LogP contribution is 2.28. The van der Waals surface area contributed by atoms with Gasteiger partial charge in [0.25, 0.3) is 5.91 Å². The third-order valence-corrected chi connectivity index (χ3v) is 4.75. The molecule has 4 nitrogen and oxygen atoms in total. The van der Waals surface area contributed by atoms with Gasteiger partial charge in [-0.3, -0.25) is 4.79 Å². The van der Waals surface area contributed by atoms with Gasteiger partial charge < -0.3 is 15.7 Å². The highest BCUT2D eigenvalue weighted by Gasteiger charge is 2.31. The second kappa shape index (κ2) is 7.60. The predicted molar refractivity (Wildman–Crippen MR) is 94.4 cm³/mol. The van der Waals surface area contributed by atoms with Gasteiger partial charge in [0.15, 0.2) is 0 Å². The zero-order valence-electron chi connectivity index (χ0n) is 13.8. The summed E-state index contributed by atoms with van der Waals surface area (Å²) in [7, 11) is 0. The monoisotopic (exact) mass is 324 g/mol. The van der Waals surface area contributed by atoms with E-state index in [9.17, 15) is 9.90 Å². The van der Waals surface area contributed by atoms with Crippen LogP contribution in [-0.2, 0) is 6.54 Å². The van der Waals surface area contributed by atoms with Crippen LogP contribution >= 0.6 is 0 Å². The van der Waals surface area contributed by atoms with E-state index in [0.717, 1.165) is 30.5 Å². The van der Waals surface area contributed by atoms with E-state index < -0.39 is 6.10 Å². The first kappa shape index (κ1) is 16.7. The maximum absolute atomic E-state index is 12.8. The molecule has 0 saturated carbocycles. The summed E-state index contributed by atoms with van der Waals surface area (Å²) in [5.74, 6) is 0.0429. The zero-order valence-corrected chi connectivity index (χ0v) is 13.8. The molecule has 0 aliphatic carbocycles. The molecule has 0 spiro atoms. The fraction of sp³-hybridized carbons (Fsp3) is 0.350. The molecule has 2 aromatic carbocycles. The molecule has 1 aliphatic rings. The van der Waals surface area contributed by atoms with Gasteiger partial charge in [0, 0.05) is 24.7 Å². The number of aliphatic hydroxyl groups is 1. The minimum atomic E-state index is -0.538. The molecule has 1 heterocycles. The highest BCUT2D eigenvalue weighted by molar-refractivity contribution is 5.94. The topological polar surface area (TPSA) is 66.6 Å². The Balaban J connectivity index is 1.69. The predicted octanol–water partition coefficient (Wildman–Crippen LogP) is 2.87. The fourth-order valence-electron chi connectivity index (χ4n) is 3.37. The molecule has 0 unspecified atom stereocenters. The summed E-state index contributed by atoms with van der Waals surface area (Å²) in [6.45, 7) is 1.23. The third-order valence-electron chi connectivity index (χ3n) is 4.75. The van der Waals surface area contributed by atoms with Crippen LogP contribution < -0.4 is 5.73 Å². The zero-order chi connectivity index (χ0) is 16.9. The third kappa shape index (κ3) is 3.66. The number of rotatable bonds is 5. The number of aliphatic hydroxyl groups excluding tert-OH is 1. The van der Waals surface area contributed by atoms with Crippen molar-refractivity contribution in [2.24, 2.45) is 5.73 Å². The molecule has 1 fully saturated rings. The molecule has 2 atom stereocenters. The lowest BCUT2D eigenvalue weighted by Crippen LogP contribution is -2.36. The van der Waals surface area contributed by atoms with Gasteiger partial charge in [0.2, 0.25) is 0 Å². The number of amides is 1. The van der Waals surface area contributed by atoms with Gasteiger partial charge in [-0.25, -0.2) is 0 Å². The second-order valence-corrected chi connectivity index (χ2v) is 6.36. The van der Waals surface area contributed by atoms with E-state index in [1.165, 1.54) is 0 Å². The Labute approximate surface area is 142 Å². The van der Waals surface area contributed by atoms with Crippen LogP contribution in [0.2, 0.25) is 0 Å². The van der Waals surface area contributed by atoms with Gasteiger partial charge in [-0.15, -0.1) is 0 Å². The number of hydrogen-bond acceptors (Lipinski definition) is 3. The lowest BCUT2D eigenvalue weighted by Gasteiger charge is -2.27. The molecule has 3 rings (SSSR count). The summed E-state index contributed by atoms with van der Waals surface area (Å²) in [4.78, 5) is 14.7. The van der Waals surface area contributed by atoms with Crippen LogP contribution in [0, 0.1) is 0 Å². The maximum Gasteiger partial charge on any atom is 0.254 e. The van der Waals surface area contributed by atoms with Gasteiger partial charge in [-0.1, -0.05) is 42.5 Å². The average Bonchev–Trinajstić information content (AvgIpc) is 3.10. The summed E-state index contributed by atoms with van der Waals surface area (Å²) in [5.41, 5.74) is 8.22. The number of nitrogens with zero attached hydrogens (tertiary/aromatic N) is 1. The number of carbonyl (C=O) groups is 1. The minimum Gasteiger partial charge on any atom is -0.388 e. The first-order valence-electron chi connectivity index (χ1n) is 8.52. The fourth-order valence-corrected chi connectivity index (χ4v) is 3.37. The highest BCUT2D eigenvalue weighted by atomic mass is 16.3. The summed E-state index contributed by atoms with van der Waals surface area (Å²) in [6, 6.07) is 17.2. The lowest BCUT2D eigenvalue weighted by molar-refractivity contribution is 0.0667. The van der Waals surface area contributed by atoms with E-state index in [1.54, 1.807) is 0 Å². The second-order valence-electron chi connectivity index (χ2n) is 6.36.